The first-order valence-electron chi connectivity index (χ1n) is 7.11. The second-order valence-electron chi connectivity index (χ2n) is 5.63. The zero-order valence-corrected chi connectivity index (χ0v) is 12.3. The lowest BCUT2D eigenvalue weighted by Gasteiger charge is -2.18. The van der Waals surface area contributed by atoms with Crippen LogP contribution >= 0.6 is 0 Å². The van der Waals surface area contributed by atoms with E-state index in [9.17, 15) is 31.5 Å². The molecule has 9 heteroatoms. The number of amides is 1. The molecule has 1 aliphatic heterocycles. The van der Waals surface area contributed by atoms with Crippen LogP contribution in [0, 0.1) is 23.5 Å². The fraction of sp³-hybridized carbons (Fsp3) is 0.467. The summed E-state index contributed by atoms with van der Waals surface area (Å²) in [5.74, 6) is -7.62. The van der Waals surface area contributed by atoms with Gasteiger partial charge in [0.1, 0.15) is 11.6 Å². The van der Waals surface area contributed by atoms with Crippen LogP contribution in [0.1, 0.15) is 12.0 Å². The highest BCUT2D eigenvalue weighted by atomic mass is 19.4. The minimum Gasteiger partial charge on any atom is -0.481 e. The molecule has 0 spiro atoms. The molecule has 1 aromatic carbocycles. The molecule has 1 fully saturated rings. The number of aryl methyl sites for hydroxylation is 1. The van der Waals surface area contributed by atoms with E-state index in [0.29, 0.717) is 0 Å². The molecule has 0 radical (unpaired) electrons. The number of hydrogen-bond acceptors (Lipinski definition) is 2. The summed E-state index contributed by atoms with van der Waals surface area (Å²) >= 11 is 0. The second-order valence-corrected chi connectivity index (χ2v) is 5.63. The SMILES string of the molecule is O=C(O)[C@@H]1CN(C(=O)CCc2cc(F)ccc2F)C[C@H]1C(F)(F)F. The number of carbonyl (C=O) groups is 2. The Morgan fingerprint density at radius 2 is 1.88 bits per heavy atom. The van der Waals surface area contributed by atoms with Crippen LogP contribution in [0.5, 0.6) is 0 Å². The average molecular weight is 351 g/mol. The van der Waals surface area contributed by atoms with E-state index >= 15 is 0 Å². The lowest BCUT2D eigenvalue weighted by atomic mass is 9.96. The lowest BCUT2D eigenvalue weighted by molar-refractivity contribution is -0.188. The first kappa shape index (κ1) is 18.2. The minimum atomic E-state index is -4.73. The number of rotatable bonds is 4. The van der Waals surface area contributed by atoms with Crippen LogP contribution < -0.4 is 0 Å². The largest absolute Gasteiger partial charge is 0.481 e. The van der Waals surface area contributed by atoms with Crippen molar-refractivity contribution in [3.8, 4) is 0 Å². The highest BCUT2D eigenvalue weighted by Crippen LogP contribution is 2.38. The monoisotopic (exact) mass is 351 g/mol. The molecule has 0 unspecified atom stereocenters. The van der Waals surface area contributed by atoms with E-state index in [-0.39, 0.29) is 18.4 Å². The maximum Gasteiger partial charge on any atom is 0.394 e. The van der Waals surface area contributed by atoms with Crippen LogP contribution in [-0.2, 0) is 16.0 Å². The van der Waals surface area contributed by atoms with Crippen LogP contribution in [0.2, 0.25) is 0 Å². The third-order valence-electron chi connectivity index (χ3n) is 4.03. The summed E-state index contributed by atoms with van der Waals surface area (Å²) in [6.45, 7) is -1.30. The first-order valence-corrected chi connectivity index (χ1v) is 7.11. The Morgan fingerprint density at radius 3 is 2.42 bits per heavy atom. The summed E-state index contributed by atoms with van der Waals surface area (Å²) in [4.78, 5) is 23.8. The Bertz CT molecular complexity index is 646. The van der Waals surface area contributed by atoms with Crippen molar-refractivity contribution in [3.63, 3.8) is 0 Å². The van der Waals surface area contributed by atoms with Gasteiger partial charge >= 0.3 is 12.1 Å². The number of carbonyl (C=O) groups excluding carboxylic acids is 1. The van der Waals surface area contributed by atoms with Crippen molar-refractivity contribution in [2.45, 2.75) is 19.0 Å². The summed E-state index contributed by atoms with van der Waals surface area (Å²) in [6, 6.07) is 2.71. The number of nitrogens with zero attached hydrogens (tertiary/aromatic N) is 1. The normalized spacial score (nSPS) is 21.1. The van der Waals surface area contributed by atoms with Gasteiger partial charge in [-0.05, 0) is 30.2 Å². The van der Waals surface area contributed by atoms with Gasteiger partial charge in [0.25, 0.3) is 0 Å². The Balaban J connectivity index is 2.03. The molecule has 0 aliphatic carbocycles. The molecular weight excluding hydrogens is 337 g/mol. The lowest BCUT2D eigenvalue weighted by Crippen LogP contribution is -2.34. The minimum absolute atomic E-state index is 0.0651. The number of aliphatic carboxylic acids is 1. The van der Waals surface area contributed by atoms with Gasteiger partial charge in [0, 0.05) is 19.5 Å². The zero-order chi connectivity index (χ0) is 18.1. The van der Waals surface area contributed by atoms with Crippen molar-refractivity contribution in [2.75, 3.05) is 13.1 Å². The number of benzene rings is 1. The first-order chi connectivity index (χ1) is 11.1. The number of hydrogen-bond donors (Lipinski definition) is 1. The van der Waals surface area contributed by atoms with Crippen molar-refractivity contribution < 1.29 is 36.6 Å². The molecule has 1 N–H and O–H groups in total. The fourth-order valence-corrected chi connectivity index (χ4v) is 2.72. The maximum atomic E-state index is 13.5. The van der Waals surface area contributed by atoms with Gasteiger partial charge in [-0.15, -0.1) is 0 Å². The maximum absolute atomic E-state index is 13.5. The van der Waals surface area contributed by atoms with Gasteiger partial charge in [-0.25, -0.2) is 8.78 Å². The molecule has 1 amide bonds. The third-order valence-corrected chi connectivity index (χ3v) is 4.03. The Morgan fingerprint density at radius 1 is 1.21 bits per heavy atom. The molecule has 2 rings (SSSR count). The molecule has 1 heterocycles. The molecule has 1 saturated heterocycles. The van der Waals surface area contributed by atoms with Gasteiger partial charge < -0.3 is 10.0 Å². The number of likely N-dealkylation sites (tertiary alicyclic amines) is 1. The van der Waals surface area contributed by atoms with E-state index in [1.807, 2.05) is 0 Å². The zero-order valence-electron chi connectivity index (χ0n) is 12.3. The summed E-state index contributed by atoms with van der Waals surface area (Å²) in [5.41, 5.74) is -0.0651. The number of alkyl halides is 3. The number of carboxylic acid groups (broad SMARTS) is 1. The predicted molar refractivity (Wildman–Crippen MR) is 71.9 cm³/mol. The summed E-state index contributed by atoms with van der Waals surface area (Å²) < 4.78 is 65.1. The molecule has 132 valence electrons. The van der Waals surface area contributed by atoms with Gasteiger partial charge in [-0.1, -0.05) is 0 Å². The average Bonchev–Trinajstić information content (AvgIpc) is 2.93. The van der Waals surface area contributed by atoms with Gasteiger partial charge in [0.2, 0.25) is 5.91 Å². The molecule has 0 aromatic heterocycles. The number of halogens is 5. The van der Waals surface area contributed by atoms with Crippen molar-refractivity contribution >= 4 is 11.9 Å². The van der Waals surface area contributed by atoms with E-state index in [1.165, 1.54) is 0 Å². The quantitative estimate of drug-likeness (QED) is 0.849. The van der Waals surface area contributed by atoms with Gasteiger partial charge in [-0.2, -0.15) is 13.2 Å². The highest BCUT2D eigenvalue weighted by molar-refractivity contribution is 5.79. The van der Waals surface area contributed by atoms with Crippen LogP contribution in [0.25, 0.3) is 0 Å². The predicted octanol–water partition coefficient (Wildman–Crippen LogP) is 2.62. The Labute approximate surface area is 133 Å². The molecule has 0 bridgehead atoms. The van der Waals surface area contributed by atoms with Crippen molar-refractivity contribution in [2.24, 2.45) is 11.8 Å². The summed E-state index contributed by atoms with van der Waals surface area (Å²) in [6.07, 6.45) is -5.25. The van der Waals surface area contributed by atoms with Crippen molar-refractivity contribution in [3.05, 3.63) is 35.4 Å². The van der Waals surface area contributed by atoms with Crippen LogP contribution in [0.15, 0.2) is 18.2 Å². The molecule has 1 aromatic rings. The Hall–Kier alpha value is -2.19. The van der Waals surface area contributed by atoms with Gasteiger partial charge in [0.15, 0.2) is 0 Å². The van der Waals surface area contributed by atoms with Crippen LogP contribution in [-0.4, -0.2) is 41.1 Å². The van der Waals surface area contributed by atoms with E-state index in [2.05, 4.69) is 0 Å². The molecule has 1 aliphatic rings. The molecule has 2 atom stereocenters. The fourth-order valence-electron chi connectivity index (χ4n) is 2.72. The van der Waals surface area contributed by atoms with E-state index < -0.39 is 54.6 Å². The molecule has 4 nitrogen and oxygen atoms in total. The standard InChI is InChI=1S/C15H14F5NO3/c16-9-2-3-12(17)8(5-9)1-4-13(22)21-6-10(14(23)24)11(7-21)15(18,19)20/h2-3,5,10-11H,1,4,6-7H2,(H,23,24)/t10-,11-/m1/s1. The van der Waals surface area contributed by atoms with Crippen molar-refractivity contribution in [1.29, 1.82) is 0 Å². The van der Waals surface area contributed by atoms with E-state index in [0.717, 1.165) is 23.1 Å². The van der Waals surface area contributed by atoms with Gasteiger partial charge in [0.05, 0.1) is 11.8 Å². The number of carboxylic acids is 1. The second kappa shape index (κ2) is 6.74. The highest BCUT2D eigenvalue weighted by Gasteiger charge is 2.53. The van der Waals surface area contributed by atoms with Crippen LogP contribution in [0.4, 0.5) is 22.0 Å². The molecular formula is C15H14F5NO3. The van der Waals surface area contributed by atoms with E-state index in [4.69, 9.17) is 5.11 Å². The van der Waals surface area contributed by atoms with Crippen molar-refractivity contribution in [1.82, 2.24) is 4.90 Å². The van der Waals surface area contributed by atoms with Gasteiger partial charge in [-0.3, -0.25) is 9.59 Å². The molecule has 24 heavy (non-hydrogen) atoms. The molecule has 0 saturated carbocycles. The topological polar surface area (TPSA) is 57.6 Å². The summed E-state index contributed by atoms with van der Waals surface area (Å²) in [5, 5.41) is 8.89. The summed E-state index contributed by atoms with van der Waals surface area (Å²) in [7, 11) is 0. The third kappa shape index (κ3) is 4.01. The van der Waals surface area contributed by atoms with E-state index in [1.54, 1.807) is 0 Å². The van der Waals surface area contributed by atoms with Crippen LogP contribution in [0.3, 0.4) is 0 Å². The Kier molecular flexibility index (Phi) is 5.10. The smallest absolute Gasteiger partial charge is 0.394 e.